The van der Waals surface area contributed by atoms with Gasteiger partial charge in [-0.15, -0.1) is 0 Å². The van der Waals surface area contributed by atoms with Crippen LogP contribution in [0.4, 0.5) is 0 Å². The number of benzene rings is 1. The zero-order valence-electron chi connectivity index (χ0n) is 13.2. The number of amides is 1. The van der Waals surface area contributed by atoms with Crippen LogP contribution in [0, 0.1) is 0 Å². The van der Waals surface area contributed by atoms with E-state index in [4.69, 9.17) is 0 Å². The minimum absolute atomic E-state index is 0.0960. The van der Waals surface area contributed by atoms with Crippen molar-refractivity contribution < 1.29 is 4.79 Å². The van der Waals surface area contributed by atoms with Crippen molar-refractivity contribution in [2.24, 2.45) is 0 Å². The molecular weight excluding hydrogens is 274 g/mol. The van der Waals surface area contributed by atoms with Crippen molar-refractivity contribution >= 4 is 5.91 Å². The van der Waals surface area contributed by atoms with Gasteiger partial charge < -0.3 is 10.2 Å². The Hall–Kier alpha value is -2.20. The van der Waals surface area contributed by atoms with Crippen molar-refractivity contribution in [3.63, 3.8) is 0 Å². The molecule has 1 N–H and O–H groups in total. The molecule has 0 radical (unpaired) electrons. The first kappa shape index (κ1) is 16.2. The van der Waals surface area contributed by atoms with E-state index in [0.29, 0.717) is 13.1 Å². The van der Waals surface area contributed by atoms with E-state index in [9.17, 15) is 4.79 Å². The summed E-state index contributed by atoms with van der Waals surface area (Å²) in [5, 5.41) is 3.27. The number of pyridine rings is 1. The Morgan fingerprint density at radius 2 is 1.91 bits per heavy atom. The summed E-state index contributed by atoms with van der Waals surface area (Å²) >= 11 is 0. The molecule has 2 rings (SSSR count). The van der Waals surface area contributed by atoms with Crippen LogP contribution in [0.15, 0.2) is 54.7 Å². The molecular formula is C18H23N3O. The number of hydrogen-bond acceptors (Lipinski definition) is 3. The summed E-state index contributed by atoms with van der Waals surface area (Å²) in [6, 6.07) is 16.1. The second-order valence-electron chi connectivity index (χ2n) is 5.40. The van der Waals surface area contributed by atoms with Crippen LogP contribution in [0.2, 0.25) is 0 Å². The number of carbonyl (C=O) groups is 1. The SMILES string of the molecule is C[C@H](NCC(=O)N(C)CCc1ccccn1)c1ccccc1. The average Bonchev–Trinajstić information content (AvgIpc) is 2.58. The first-order chi connectivity index (χ1) is 10.7. The van der Waals surface area contributed by atoms with Crippen LogP contribution in [0.5, 0.6) is 0 Å². The fraction of sp³-hybridized carbons (Fsp3) is 0.333. The average molecular weight is 297 g/mol. The van der Waals surface area contributed by atoms with Gasteiger partial charge in [0.25, 0.3) is 0 Å². The first-order valence-corrected chi connectivity index (χ1v) is 7.59. The molecule has 0 saturated heterocycles. The number of aromatic nitrogens is 1. The second kappa shape index (κ2) is 8.29. The minimum Gasteiger partial charge on any atom is -0.344 e. The van der Waals surface area contributed by atoms with Crippen molar-refractivity contribution in [1.82, 2.24) is 15.2 Å². The van der Waals surface area contributed by atoms with Crippen molar-refractivity contribution in [3.8, 4) is 0 Å². The Morgan fingerprint density at radius 1 is 1.18 bits per heavy atom. The van der Waals surface area contributed by atoms with Gasteiger partial charge in [0.15, 0.2) is 0 Å². The molecule has 1 aromatic heterocycles. The number of rotatable bonds is 7. The van der Waals surface area contributed by atoms with Crippen LogP contribution in [0.3, 0.4) is 0 Å². The van der Waals surface area contributed by atoms with Gasteiger partial charge in [-0.3, -0.25) is 9.78 Å². The van der Waals surface area contributed by atoms with Crippen LogP contribution in [0.25, 0.3) is 0 Å². The Bertz CT molecular complexity index is 571. The molecule has 1 heterocycles. The van der Waals surface area contributed by atoms with E-state index in [1.54, 1.807) is 11.1 Å². The van der Waals surface area contributed by atoms with Crippen LogP contribution < -0.4 is 5.32 Å². The highest BCUT2D eigenvalue weighted by atomic mass is 16.2. The third kappa shape index (κ3) is 4.97. The highest BCUT2D eigenvalue weighted by Crippen LogP contribution is 2.10. The summed E-state index contributed by atoms with van der Waals surface area (Å²) in [5.41, 5.74) is 2.19. The zero-order valence-corrected chi connectivity index (χ0v) is 13.2. The summed E-state index contributed by atoms with van der Waals surface area (Å²) in [4.78, 5) is 18.2. The van der Waals surface area contributed by atoms with E-state index in [1.165, 1.54) is 5.56 Å². The molecule has 0 spiro atoms. The smallest absolute Gasteiger partial charge is 0.236 e. The molecule has 4 heteroatoms. The lowest BCUT2D eigenvalue weighted by Gasteiger charge is -2.19. The molecule has 0 bridgehead atoms. The molecule has 1 aromatic carbocycles. The molecule has 0 aliphatic heterocycles. The fourth-order valence-corrected chi connectivity index (χ4v) is 2.19. The molecule has 4 nitrogen and oxygen atoms in total. The molecule has 1 amide bonds. The van der Waals surface area contributed by atoms with Gasteiger partial charge in [-0.25, -0.2) is 0 Å². The number of carbonyl (C=O) groups excluding carboxylic acids is 1. The Labute approximate surface area is 132 Å². The van der Waals surface area contributed by atoms with Crippen LogP contribution in [0.1, 0.15) is 24.2 Å². The number of hydrogen-bond donors (Lipinski definition) is 1. The summed E-state index contributed by atoms with van der Waals surface area (Å²) in [6.45, 7) is 3.09. The molecule has 116 valence electrons. The van der Waals surface area contributed by atoms with Crippen LogP contribution in [-0.2, 0) is 11.2 Å². The summed E-state index contributed by atoms with van der Waals surface area (Å²) in [6.07, 6.45) is 2.55. The largest absolute Gasteiger partial charge is 0.344 e. The maximum atomic E-state index is 12.1. The lowest BCUT2D eigenvalue weighted by atomic mass is 10.1. The molecule has 0 aliphatic carbocycles. The third-order valence-electron chi connectivity index (χ3n) is 3.71. The highest BCUT2D eigenvalue weighted by molar-refractivity contribution is 5.78. The van der Waals surface area contributed by atoms with E-state index in [2.05, 4.69) is 29.4 Å². The molecule has 2 aromatic rings. The van der Waals surface area contributed by atoms with Crippen molar-refractivity contribution in [2.45, 2.75) is 19.4 Å². The molecule has 1 atom stereocenters. The van der Waals surface area contributed by atoms with Gasteiger partial charge >= 0.3 is 0 Å². The van der Waals surface area contributed by atoms with Gasteiger partial charge in [0.1, 0.15) is 0 Å². The van der Waals surface area contributed by atoms with Crippen molar-refractivity contribution in [1.29, 1.82) is 0 Å². The van der Waals surface area contributed by atoms with Crippen LogP contribution >= 0.6 is 0 Å². The molecule has 0 saturated carbocycles. The summed E-state index contributed by atoms with van der Waals surface area (Å²) in [7, 11) is 1.83. The number of nitrogens with one attached hydrogen (secondary N) is 1. The predicted molar refractivity (Wildman–Crippen MR) is 88.4 cm³/mol. The standard InChI is InChI=1S/C18H23N3O/c1-15(16-8-4-3-5-9-16)20-14-18(22)21(2)13-11-17-10-6-7-12-19-17/h3-10,12,15,20H,11,13-14H2,1-2H3/t15-/m0/s1. The van der Waals surface area contributed by atoms with Gasteiger partial charge in [0.2, 0.25) is 5.91 Å². The van der Waals surface area contributed by atoms with Gasteiger partial charge in [0.05, 0.1) is 6.54 Å². The van der Waals surface area contributed by atoms with Gasteiger partial charge in [-0.05, 0) is 24.6 Å². The topological polar surface area (TPSA) is 45.2 Å². The minimum atomic E-state index is 0.0960. The molecule has 0 unspecified atom stereocenters. The van der Waals surface area contributed by atoms with Gasteiger partial charge in [0, 0.05) is 37.9 Å². The zero-order chi connectivity index (χ0) is 15.8. The Balaban J connectivity index is 1.74. The van der Waals surface area contributed by atoms with Gasteiger partial charge in [-0.1, -0.05) is 36.4 Å². The monoisotopic (exact) mass is 297 g/mol. The van der Waals surface area contributed by atoms with Crippen LogP contribution in [-0.4, -0.2) is 35.9 Å². The lowest BCUT2D eigenvalue weighted by molar-refractivity contribution is -0.129. The Morgan fingerprint density at radius 3 is 2.59 bits per heavy atom. The quantitative estimate of drug-likeness (QED) is 0.854. The van der Waals surface area contributed by atoms with E-state index >= 15 is 0 Å². The summed E-state index contributed by atoms with van der Waals surface area (Å²) in [5.74, 6) is 0.0960. The van der Waals surface area contributed by atoms with E-state index in [0.717, 1.165) is 12.1 Å². The molecule has 22 heavy (non-hydrogen) atoms. The predicted octanol–water partition coefficient (Wildman–Crippen LogP) is 2.43. The number of likely N-dealkylation sites (N-methyl/N-ethyl adjacent to an activating group) is 1. The van der Waals surface area contributed by atoms with E-state index in [-0.39, 0.29) is 11.9 Å². The molecule has 0 fully saturated rings. The van der Waals surface area contributed by atoms with Crippen molar-refractivity contribution in [2.75, 3.05) is 20.1 Å². The lowest BCUT2D eigenvalue weighted by Crippen LogP contribution is -2.37. The normalized spacial score (nSPS) is 11.9. The second-order valence-corrected chi connectivity index (χ2v) is 5.40. The van der Waals surface area contributed by atoms with Crippen molar-refractivity contribution in [3.05, 3.63) is 66.0 Å². The third-order valence-corrected chi connectivity index (χ3v) is 3.71. The maximum Gasteiger partial charge on any atom is 0.236 e. The van der Waals surface area contributed by atoms with E-state index < -0.39 is 0 Å². The van der Waals surface area contributed by atoms with Gasteiger partial charge in [-0.2, -0.15) is 0 Å². The Kier molecular flexibility index (Phi) is 6.10. The number of nitrogens with zero attached hydrogens (tertiary/aromatic N) is 2. The fourth-order valence-electron chi connectivity index (χ4n) is 2.19. The molecule has 0 aliphatic rings. The summed E-state index contributed by atoms with van der Waals surface area (Å²) < 4.78 is 0. The highest BCUT2D eigenvalue weighted by Gasteiger charge is 2.11. The maximum absolute atomic E-state index is 12.1. The first-order valence-electron chi connectivity index (χ1n) is 7.59. The van der Waals surface area contributed by atoms with E-state index in [1.807, 2.05) is 43.4 Å².